The monoisotopic (exact) mass is 464 g/mol. The lowest BCUT2D eigenvalue weighted by atomic mass is 9.57. The van der Waals surface area contributed by atoms with Gasteiger partial charge in [-0.05, 0) is 32.6 Å². The van der Waals surface area contributed by atoms with Crippen LogP contribution in [0.25, 0.3) is 5.76 Å². The number of aliphatic hydroxyl groups is 4. The van der Waals surface area contributed by atoms with Crippen LogP contribution in [-0.2, 0) is 14.4 Å². The van der Waals surface area contributed by atoms with Crippen molar-refractivity contribution in [2.24, 2.45) is 17.6 Å². The molecule has 11 heteroatoms. The van der Waals surface area contributed by atoms with Crippen LogP contribution in [0.15, 0.2) is 29.0 Å². The first kappa shape index (κ1) is 22.3. The van der Waals surface area contributed by atoms with E-state index in [0.717, 1.165) is 0 Å². The van der Waals surface area contributed by atoms with Gasteiger partial charge in [-0.2, -0.15) is 0 Å². The van der Waals surface area contributed by atoms with Gasteiger partial charge in [-0.1, -0.05) is 11.6 Å². The van der Waals surface area contributed by atoms with E-state index in [1.165, 1.54) is 31.1 Å². The van der Waals surface area contributed by atoms with Crippen LogP contribution >= 0.6 is 11.6 Å². The summed E-state index contributed by atoms with van der Waals surface area (Å²) in [4.78, 5) is 39.8. The molecule has 0 saturated heterocycles. The van der Waals surface area contributed by atoms with Crippen molar-refractivity contribution in [3.63, 3.8) is 0 Å². The number of hydrogen-bond acceptors (Lipinski definition) is 9. The number of Topliss-reactive ketones (excluding diaryl/α,β-unsaturated/α-hetero) is 2. The summed E-state index contributed by atoms with van der Waals surface area (Å²) in [6.45, 7) is 0. The number of phenols is 1. The van der Waals surface area contributed by atoms with Crippen LogP contribution in [0.1, 0.15) is 23.7 Å². The molecule has 1 fully saturated rings. The van der Waals surface area contributed by atoms with Gasteiger partial charge in [-0.25, -0.2) is 0 Å². The second-order valence-electron chi connectivity index (χ2n) is 8.47. The molecule has 1 aromatic carbocycles. The maximum absolute atomic E-state index is 13.6. The van der Waals surface area contributed by atoms with Crippen LogP contribution in [0.4, 0.5) is 0 Å². The van der Waals surface area contributed by atoms with Crippen LogP contribution in [0.2, 0.25) is 5.02 Å². The van der Waals surface area contributed by atoms with E-state index in [1.807, 2.05) is 0 Å². The number of carbonyl (C=O) groups excluding carboxylic acids is 3. The fraction of sp³-hybridized carbons (Fsp3) is 0.381. The Morgan fingerprint density at radius 2 is 1.84 bits per heavy atom. The summed E-state index contributed by atoms with van der Waals surface area (Å²) in [5, 5.41) is 54.4. The summed E-state index contributed by atoms with van der Waals surface area (Å²) in [6.07, 6.45) is -1.70. The highest BCUT2D eigenvalue weighted by Crippen LogP contribution is 2.56. The fourth-order valence-electron chi connectivity index (χ4n) is 5.24. The summed E-state index contributed by atoms with van der Waals surface area (Å²) in [5.74, 6) is -8.19. The van der Waals surface area contributed by atoms with Crippen LogP contribution in [0, 0.1) is 11.8 Å². The molecule has 7 N–H and O–H groups in total. The minimum Gasteiger partial charge on any atom is -0.508 e. The van der Waals surface area contributed by atoms with Crippen LogP contribution < -0.4 is 5.73 Å². The number of nitrogens with two attached hydrogens (primary N) is 1. The number of ketones is 2. The quantitative estimate of drug-likeness (QED) is 0.331. The first-order valence-corrected chi connectivity index (χ1v) is 10.1. The van der Waals surface area contributed by atoms with E-state index in [-0.39, 0.29) is 22.6 Å². The molecule has 0 unspecified atom stereocenters. The number of aromatic hydroxyl groups is 1. The molecule has 3 aliphatic carbocycles. The van der Waals surface area contributed by atoms with Gasteiger partial charge in [0.1, 0.15) is 22.8 Å². The number of likely N-dealkylation sites (N-methyl/N-ethyl adjacent to an activating group) is 1. The standard InChI is InChI=1S/C21H21ClN2O8/c1-24(2)14-7-5-6-10(16(27)12-9(25)4-3-8(22)11(12)15(6)26)18(29)21(7,32)19(30)13(17(14)28)20(23)31/h3-4,6-7,14-15,25-27,30,32H,5H2,1-2H3,(H2,23,31)/t6-,7-,14+,15-,21-/m1/s1. The maximum atomic E-state index is 13.6. The van der Waals surface area contributed by atoms with Gasteiger partial charge in [0.2, 0.25) is 5.78 Å². The summed E-state index contributed by atoms with van der Waals surface area (Å²) >= 11 is 6.19. The van der Waals surface area contributed by atoms with Crippen LogP contribution in [0.5, 0.6) is 5.75 Å². The molecule has 10 nitrogen and oxygen atoms in total. The first-order chi connectivity index (χ1) is 14.8. The molecule has 0 bridgehead atoms. The third-order valence-corrected chi connectivity index (χ3v) is 6.97. The van der Waals surface area contributed by atoms with E-state index in [4.69, 9.17) is 17.3 Å². The Bertz CT molecular complexity index is 1160. The van der Waals surface area contributed by atoms with Crippen molar-refractivity contribution < 1.29 is 39.9 Å². The first-order valence-electron chi connectivity index (χ1n) is 9.69. The molecule has 0 radical (unpaired) electrons. The van der Waals surface area contributed by atoms with Gasteiger partial charge in [0, 0.05) is 28.0 Å². The molecular formula is C21H21ClN2O8. The van der Waals surface area contributed by atoms with Crippen molar-refractivity contribution in [2.45, 2.75) is 24.2 Å². The maximum Gasteiger partial charge on any atom is 0.255 e. The van der Waals surface area contributed by atoms with Gasteiger partial charge in [-0.3, -0.25) is 19.3 Å². The number of primary amides is 1. The van der Waals surface area contributed by atoms with E-state index in [2.05, 4.69) is 0 Å². The van der Waals surface area contributed by atoms with Crippen molar-refractivity contribution in [2.75, 3.05) is 14.1 Å². The lowest BCUT2D eigenvalue weighted by Crippen LogP contribution is -2.66. The number of halogens is 1. The van der Waals surface area contributed by atoms with E-state index in [9.17, 15) is 39.9 Å². The molecule has 32 heavy (non-hydrogen) atoms. The van der Waals surface area contributed by atoms with Crippen LogP contribution in [-0.4, -0.2) is 73.6 Å². The number of carbonyl (C=O) groups is 3. The molecule has 3 aliphatic rings. The Labute approximate surface area is 186 Å². The fourth-order valence-corrected chi connectivity index (χ4v) is 5.51. The molecule has 0 spiro atoms. The number of hydrogen-bond donors (Lipinski definition) is 6. The Kier molecular flexibility index (Phi) is 4.90. The smallest absolute Gasteiger partial charge is 0.255 e. The molecule has 0 aromatic heterocycles. The molecule has 170 valence electrons. The van der Waals surface area contributed by atoms with E-state index < -0.39 is 75.5 Å². The molecule has 1 amide bonds. The average Bonchev–Trinajstić information content (AvgIpc) is 2.69. The number of amides is 1. The average molecular weight is 465 g/mol. The van der Waals surface area contributed by atoms with Crippen molar-refractivity contribution >= 4 is 34.8 Å². The molecule has 5 atom stereocenters. The number of fused-ring (bicyclic) bond motifs is 3. The topological polar surface area (TPSA) is 182 Å². The Balaban J connectivity index is 2.03. The third-order valence-electron chi connectivity index (χ3n) is 6.64. The highest BCUT2D eigenvalue weighted by atomic mass is 35.5. The molecule has 1 saturated carbocycles. The van der Waals surface area contributed by atoms with E-state index in [1.54, 1.807) is 0 Å². The van der Waals surface area contributed by atoms with E-state index >= 15 is 0 Å². The second-order valence-corrected chi connectivity index (χ2v) is 8.87. The summed E-state index contributed by atoms with van der Waals surface area (Å²) in [5.41, 5.74) is 0.845. The SMILES string of the molecule is CN(C)[C@@H]1C(=O)C(C(N)=O)=C(O)[C@]2(O)C(=O)C3=C(O)c4c(O)ccc(Cl)c4[C@H](O)[C@@H]3C[C@H]12. The Morgan fingerprint density at radius 3 is 2.41 bits per heavy atom. The normalized spacial score (nSPS) is 32.1. The number of aliphatic hydroxyl groups excluding tert-OH is 3. The minimum atomic E-state index is -2.77. The molecule has 4 rings (SSSR count). The largest absolute Gasteiger partial charge is 0.508 e. The molecular weight excluding hydrogens is 444 g/mol. The zero-order valence-corrected chi connectivity index (χ0v) is 17.8. The lowest BCUT2D eigenvalue weighted by molar-refractivity contribution is -0.155. The predicted octanol–water partition coefficient (Wildman–Crippen LogP) is 0.108. The Morgan fingerprint density at radius 1 is 1.22 bits per heavy atom. The summed E-state index contributed by atoms with van der Waals surface area (Å²) in [7, 11) is 2.97. The van der Waals surface area contributed by atoms with E-state index in [0.29, 0.717) is 0 Å². The summed E-state index contributed by atoms with van der Waals surface area (Å²) < 4.78 is 0. The number of rotatable bonds is 2. The molecule has 0 heterocycles. The van der Waals surface area contributed by atoms with Gasteiger partial charge < -0.3 is 31.3 Å². The van der Waals surface area contributed by atoms with Crippen molar-refractivity contribution in [1.29, 1.82) is 0 Å². The lowest BCUT2D eigenvalue weighted by Gasteiger charge is -2.51. The molecule has 1 aromatic rings. The zero-order chi connectivity index (χ0) is 23.9. The van der Waals surface area contributed by atoms with Crippen molar-refractivity contribution in [1.82, 2.24) is 4.90 Å². The highest BCUT2D eigenvalue weighted by molar-refractivity contribution is 6.32. The highest BCUT2D eigenvalue weighted by Gasteiger charge is 2.65. The minimum absolute atomic E-state index is 0.00251. The molecule has 0 aliphatic heterocycles. The van der Waals surface area contributed by atoms with Gasteiger partial charge in [-0.15, -0.1) is 0 Å². The predicted molar refractivity (Wildman–Crippen MR) is 111 cm³/mol. The number of nitrogens with zero attached hydrogens (tertiary/aromatic N) is 1. The van der Waals surface area contributed by atoms with Crippen LogP contribution in [0.3, 0.4) is 0 Å². The zero-order valence-electron chi connectivity index (χ0n) is 17.0. The van der Waals surface area contributed by atoms with Crippen molar-refractivity contribution in [3.8, 4) is 5.75 Å². The van der Waals surface area contributed by atoms with Crippen molar-refractivity contribution in [3.05, 3.63) is 45.2 Å². The van der Waals surface area contributed by atoms with Gasteiger partial charge in [0.25, 0.3) is 5.91 Å². The third kappa shape index (κ3) is 2.61. The Hall–Kier alpha value is -2.92. The van der Waals surface area contributed by atoms with Gasteiger partial charge in [0.15, 0.2) is 11.4 Å². The summed E-state index contributed by atoms with van der Waals surface area (Å²) in [6, 6.07) is 1.25. The number of phenolic OH excluding ortho intramolecular Hbond substituents is 1. The number of benzene rings is 1. The van der Waals surface area contributed by atoms with Gasteiger partial charge in [0.05, 0.1) is 17.7 Å². The second kappa shape index (κ2) is 7.04. The van der Waals surface area contributed by atoms with Gasteiger partial charge >= 0.3 is 0 Å².